The van der Waals surface area contributed by atoms with Gasteiger partial charge in [-0.15, -0.1) is 0 Å². The highest BCUT2D eigenvalue weighted by Gasteiger charge is 2.34. The summed E-state index contributed by atoms with van der Waals surface area (Å²) in [4.78, 5) is 27.4. The number of nitrogens with one attached hydrogen (secondary N) is 1. The van der Waals surface area contributed by atoms with Crippen molar-refractivity contribution in [3.8, 4) is 5.75 Å². The monoisotopic (exact) mass is 529 g/mol. The van der Waals surface area contributed by atoms with Crippen molar-refractivity contribution in [2.24, 2.45) is 11.8 Å². The van der Waals surface area contributed by atoms with E-state index in [9.17, 15) is 23.1 Å². The van der Waals surface area contributed by atoms with Gasteiger partial charge in [0.25, 0.3) is 0 Å². The molecule has 2 amide bonds. The molecule has 1 aliphatic carbocycles. The van der Waals surface area contributed by atoms with Crippen molar-refractivity contribution in [3.05, 3.63) is 54.1 Å². The summed E-state index contributed by atoms with van der Waals surface area (Å²) in [5, 5.41) is 12.7. The first-order valence-electron chi connectivity index (χ1n) is 12.6. The van der Waals surface area contributed by atoms with Crippen LogP contribution in [0.4, 0.5) is 5.69 Å². The molecular weight excluding hydrogens is 494 g/mol. The summed E-state index contributed by atoms with van der Waals surface area (Å²) in [7, 11) is -2.24. The summed E-state index contributed by atoms with van der Waals surface area (Å²) >= 11 is 0. The summed E-state index contributed by atoms with van der Waals surface area (Å²) in [6.45, 7) is 3.85. The van der Waals surface area contributed by atoms with Gasteiger partial charge in [0, 0.05) is 36.7 Å². The number of rotatable bonds is 8. The minimum Gasteiger partial charge on any atom is -0.488 e. The van der Waals surface area contributed by atoms with Gasteiger partial charge in [-0.1, -0.05) is 25.1 Å². The minimum atomic E-state index is -3.75. The Bertz CT molecular complexity index is 1230. The smallest absolute Gasteiger partial charge is 0.242 e. The first-order chi connectivity index (χ1) is 17.6. The van der Waals surface area contributed by atoms with Crippen LogP contribution in [0.1, 0.15) is 32.3 Å². The molecule has 10 heteroatoms. The van der Waals surface area contributed by atoms with Crippen molar-refractivity contribution in [2.45, 2.75) is 50.2 Å². The number of benzene rings is 2. The summed E-state index contributed by atoms with van der Waals surface area (Å²) in [6.07, 6.45) is 1.22. The molecule has 2 aromatic carbocycles. The predicted octanol–water partition coefficient (Wildman–Crippen LogP) is 2.50. The Morgan fingerprint density at radius 2 is 1.92 bits per heavy atom. The summed E-state index contributed by atoms with van der Waals surface area (Å²) < 4.78 is 34.1. The van der Waals surface area contributed by atoms with Crippen molar-refractivity contribution >= 4 is 27.5 Å². The van der Waals surface area contributed by atoms with Crippen LogP contribution in [-0.4, -0.2) is 73.4 Å². The zero-order valence-corrected chi connectivity index (χ0v) is 22.3. The number of carbonyl (C=O) groups excluding carboxylic acids is 2. The lowest BCUT2D eigenvalue weighted by Crippen LogP contribution is -2.48. The molecule has 0 saturated heterocycles. The Morgan fingerprint density at radius 3 is 2.57 bits per heavy atom. The highest BCUT2D eigenvalue weighted by atomic mass is 32.2. The average Bonchev–Trinajstić information content (AvgIpc) is 3.73. The van der Waals surface area contributed by atoms with Crippen LogP contribution < -0.4 is 10.1 Å². The van der Waals surface area contributed by atoms with E-state index in [2.05, 4.69) is 5.32 Å². The molecule has 2 aliphatic rings. The molecule has 1 fully saturated rings. The molecule has 0 spiro atoms. The Labute approximate surface area is 218 Å². The van der Waals surface area contributed by atoms with E-state index in [0.29, 0.717) is 23.5 Å². The van der Waals surface area contributed by atoms with Gasteiger partial charge in [-0.2, -0.15) is 4.31 Å². The number of hydrogen-bond donors (Lipinski definition) is 2. The first kappa shape index (κ1) is 27.1. The minimum absolute atomic E-state index is 0.0321. The number of ether oxygens (including phenoxy) is 1. The number of likely N-dealkylation sites (N-methyl/N-ethyl adjacent to an activating group) is 1. The van der Waals surface area contributed by atoms with Gasteiger partial charge in [0.2, 0.25) is 21.8 Å². The van der Waals surface area contributed by atoms with E-state index >= 15 is 0 Å². The quantitative estimate of drug-likeness (QED) is 0.543. The fraction of sp³-hybridized carbons (Fsp3) is 0.481. The van der Waals surface area contributed by atoms with Gasteiger partial charge in [-0.05, 0) is 50.1 Å². The second-order valence-corrected chi connectivity index (χ2v) is 12.1. The highest BCUT2D eigenvalue weighted by molar-refractivity contribution is 7.89. The molecule has 37 heavy (non-hydrogen) atoms. The van der Waals surface area contributed by atoms with E-state index in [0.717, 1.165) is 12.8 Å². The number of anilines is 1. The standard InChI is InChI=1S/C27H35N3O6S/c1-18-15-30(19(2)17-31)26(32)14-21-13-22(28-27(33)20-9-10-20)11-12-24(21)36-25(18)16-29(3)37(34,35)23-7-5-4-6-8-23/h4-8,11-13,18-20,25,31H,9-10,14-17H2,1-3H3,(H,28,33)/t18-,19+,25+/m1/s1. The van der Waals surface area contributed by atoms with E-state index in [1.165, 1.54) is 11.4 Å². The second-order valence-electron chi connectivity index (χ2n) is 10.1. The number of sulfonamides is 1. The SMILES string of the molecule is C[C@@H]1CN([C@@H](C)CO)C(=O)Cc2cc(NC(=O)C3CC3)ccc2O[C@H]1CN(C)S(=O)(=O)c1ccccc1. The van der Waals surface area contributed by atoms with E-state index < -0.39 is 22.2 Å². The molecule has 1 aliphatic heterocycles. The lowest BCUT2D eigenvalue weighted by molar-refractivity contribution is -0.134. The molecule has 0 aromatic heterocycles. The number of aliphatic hydroxyl groups is 1. The molecule has 1 heterocycles. The molecule has 4 rings (SSSR count). The van der Waals surface area contributed by atoms with Gasteiger partial charge in [-0.25, -0.2) is 8.42 Å². The van der Waals surface area contributed by atoms with Crippen molar-refractivity contribution in [3.63, 3.8) is 0 Å². The Balaban J connectivity index is 1.65. The lowest BCUT2D eigenvalue weighted by Gasteiger charge is -2.33. The third-order valence-electron chi connectivity index (χ3n) is 7.02. The topological polar surface area (TPSA) is 116 Å². The normalized spacial score (nSPS) is 21.3. The summed E-state index contributed by atoms with van der Waals surface area (Å²) in [5.74, 6) is 0.0568. The fourth-order valence-electron chi connectivity index (χ4n) is 4.44. The molecule has 0 unspecified atom stereocenters. The molecule has 200 valence electrons. The van der Waals surface area contributed by atoms with Crippen LogP contribution in [-0.2, 0) is 26.0 Å². The van der Waals surface area contributed by atoms with E-state index in [-0.39, 0.29) is 48.1 Å². The first-order valence-corrected chi connectivity index (χ1v) is 14.1. The van der Waals surface area contributed by atoms with Crippen LogP contribution in [0, 0.1) is 11.8 Å². The van der Waals surface area contributed by atoms with Gasteiger partial charge in [0.05, 0.1) is 30.5 Å². The van der Waals surface area contributed by atoms with Crippen LogP contribution >= 0.6 is 0 Å². The van der Waals surface area contributed by atoms with Crippen LogP contribution in [0.15, 0.2) is 53.4 Å². The molecule has 2 N–H and O–H groups in total. The molecule has 1 saturated carbocycles. The Hall–Kier alpha value is -2.95. The molecule has 0 bridgehead atoms. The number of amides is 2. The Kier molecular flexibility index (Phi) is 8.20. The lowest BCUT2D eigenvalue weighted by atomic mass is 10.0. The highest BCUT2D eigenvalue weighted by Crippen LogP contribution is 2.32. The zero-order valence-electron chi connectivity index (χ0n) is 21.5. The van der Waals surface area contributed by atoms with Gasteiger partial charge >= 0.3 is 0 Å². The maximum absolute atomic E-state index is 13.3. The van der Waals surface area contributed by atoms with Crippen molar-refractivity contribution in [1.82, 2.24) is 9.21 Å². The molecule has 9 nitrogen and oxygen atoms in total. The van der Waals surface area contributed by atoms with Crippen LogP contribution in [0.25, 0.3) is 0 Å². The van der Waals surface area contributed by atoms with Gasteiger partial charge in [0.1, 0.15) is 11.9 Å². The number of fused-ring (bicyclic) bond motifs is 1. The van der Waals surface area contributed by atoms with Crippen molar-refractivity contribution < 1.29 is 27.9 Å². The fourth-order valence-corrected chi connectivity index (χ4v) is 5.64. The second kappa shape index (κ2) is 11.2. The third kappa shape index (κ3) is 6.31. The van der Waals surface area contributed by atoms with Crippen molar-refractivity contribution in [2.75, 3.05) is 32.1 Å². The molecule has 3 atom stereocenters. The van der Waals surface area contributed by atoms with Crippen LogP contribution in [0.3, 0.4) is 0 Å². The van der Waals surface area contributed by atoms with E-state index in [1.807, 2.05) is 6.92 Å². The average molecular weight is 530 g/mol. The van der Waals surface area contributed by atoms with E-state index in [1.54, 1.807) is 60.4 Å². The largest absolute Gasteiger partial charge is 0.488 e. The van der Waals surface area contributed by atoms with Gasteiger partial charge in [-0.3, -0.25) is 9.59 Å². The maximum Gasteiger partial charge on any atom is 0.242 e. The Morgan fingerprint density at radius 1 is 1.22 bits per heavy atom. The summed E-state index contributed by atoms with van der Waals surface area (Å²) in [5.41, 5.74) is 1.18. The van der Waals surface area contributed by atoms with Crippen molar-refractivity contribution in [1.29, 1.82) is 0 Å². The van der Waals surface area contributed by atoms with Crippen LogP contribution in [0.5, 0.6) is 5.75 Å². The van der Waals surface area contributed by atoms with Gasteiger partial charge < -0.3 is 20.1 Å². The predicted molar refractivity (Wildman–Crippen MR) is 140 cm³/mol. The van der Waals surface area contributed by atoms with Gasteiger partial charge in [0.15, 0.2) is 0 Å². The number of hydrogen-bond acceptors (Lipinski definition) is 6. The van der Waals surface area contributed by atoms with E-state index in [4.69, 9.17) is 4.74 Å². The molecule has 0 radical (unpaired) electrons. The number of nitrogens with zero attached hydrogens (tertiary/aromatic N) is 2. The molecule has 2 aromatic rings. The molecular formula is C27H35N3O6S. The van der Waals surface area contributed by atoms with Crippen LogP contribution in [0.2, 0.25) is 0 Å². The maximum atomic E-state index is 13.3. The third-order valence-corrected chi connectivity index (χ3v) is 8.86. The zero-order chi connectivity index (χ0) is 26.7. The number of carbonyl (C=O) groups is 2. The summed E-state index contributed by atoms with van der Waals surface area (Å²) in [6, 6.07) is 13.0. The number of aliphatic hydroxyl groups excluding tert-OH is 1.